The van der Waals surface area contributed by atoms with E-state index in [1.54, 1.807) is 13.2 Å². The highest BCUT2D eigenvalue weighted by molar-refractivity contribution is 5.78. The fraction of sp³-hybridized carbons (Fsp3) is 0.529. The number of piperidine rings is 1. The van der Waals surface area contributed by atoms with Gasteiger partial charge in [0.15, 0.2) is 0 Å². The lowest BCUT2D eigenvalue weighted by Crippen LogP contribution is -2.33. The van der Waals surface area contributed by atoms with Crippen molar-refractivity contribution in [2.75, 3.05) is 26.7 Å². The number of aromatic nitrogens is 2. The summed E-state index contributed by atoms with van der Waals surface area (Å²) in [5, 5.41) is 0. The highest BCUT2D eigenvalue weighted by atomic mass is 19.1. The number of hydrogen-bond donors (Lipinski definition) is 0. The van der Waals surface area contributed by atoms with E-state index in [1.165, 1.54) is 25.6 Å². The minimum absolute atomic E-state index is 0.269. The second kappa shape index (κ2) is 5.47. The van der Waals surface area contributed by atoms with Crippen molar-refractivity contribution >= 4 is 11.0 Å². The van der Waals surface area contributed by atoms with Gasteiger partial charge < -0.3 is 9.64 Å². The summed E-state index contributed by atoms with van der Waals surface area (Å²) < 4.78 is 19.4. The van der Waals surface area contributed by atoms with E-state index in [0.717, 1.165) is 30.4 Å². The van der Waals surface area contributed by atoms with E-state index in [1.807, 2.05) is 6.07 Å². The smallest absolute Gasteiger partial charge is 0.213 e. The number of nitrogens with zero attached hydrogens (tertiary/aromatic N) is 3. The van der Waals surface area contributed by atoms with Gasteiger partial charge in [-0.1, -0.05) is 0 Å². The van der Waals surface area contributed by atoms with Gasteiger partial charge in [0, 0.05) is 24.7 Å². The number of pyridine rings is 2. The number of halogens is 1. The van der Waals surface area contributed by atoms with Gasteiger partial charge in [0.05, 0.1) is 24.3 Å². The van der Waals surface area contributed by atoms with Crippen LogP contribution < -0.4 is 4.74 Å². The first-order valence-corrected chi connectivity index (χ1v) is 7.95. The van der Waals surface area contributed by atoms with Crippen LogP contribution in [0, 0.1) is 17.7 Å². The summed E-state index contributed by atoms with van der Waals surface area (Å²) in [5.41, 5.74) is 2.00. The summed E-state index contributed by atoms with van der Waals surface area (Å²) in [6, 6.07) is 3.59. The maximum absolute atomic E-state index is 14.2. The van der Waals surface area contributed by atoms with E-state index in [2.05, 4.69) is 14.9 Å². The minimum Gasteiger partial charge on any atom is -0.481 e. The molecule has 2 aliphatic rings. The van der Waals surface area contributed by atoms with Crippen LogP contribution in [0.2, 0.25) is 0 Å². The molecule has 2 aromatic heterocycles. The summed E-state index contributed by atoms with van der Waals surface area (Å²) in [7, 11) is 1.57. The molecule has 0 aromatic carbocycles. The largest absolute Gasteiger partial charge is 0.481 e. The Morgan fingerprint density at radius 2 is 2.27 bits per heavy atom. The summed E-state index contributed by atoms with van der Waals surface area (Å²) >= 11 is 0. The maximum atomic E-state index is 14.2. The van der Waals surface area contributed by atoms with Crippen LogP contribution in [-0.2, 0) is 6.42 Å². The summed E-state index contributed by atoms with van der Waals surface area (Å²) in [5.74, 6) is 2.10. The molecule has 116 valence electrons. The van der Waals surface area contributed by atoms with Gasteiger partial charge in [0.1, 0.15) is 5.82 Å². The van der Waals surface area contributed by atoms with Gasteiger partial charge in [-0.25, -0.2) is 9.37 Å². The molecule has 0 spiro atoms. The Balaban J connectivity index is 1.57. The molecule has 0 bridgehead atoms. The molecule has 3 heterocycles. The third-order valence-corrected chi connectivity index (χ3v) is 5.00. The molecule has 4 rings (SSSR count). The molecule has 1 aliphatic heterocycles. The van der Waals surface area contributed by atoms with Gasteiger partial charge in [-0.15, -0.1) is 0 Å². The van der Waals surface area contributed by atoms with Crippen molar-refractivity contribution in [3.8, 4) is 5.88 Å². The van der Waals surface area contributed by atoms with Crippen molar-refractivity contribution in [1.29, 1.82) is 0 Å². The fourth-order valence-corrected chi connectivity index (χ4v) is 3.56. The second-order valence-corrected chi connectivity index (χ2v) is 6.40. The van der Waals surface area contributed by atoms with E-state index < -0.39 is 0 Å². The zero-order valence-electron chi connectivity index (χ0n) is 12.8. The van der Waals surface area contributed by atoms with E-state index in [4.69, 9.17) is 4.74 Å². The third-order valence-electron chi connectivity index (χ3n) is 5.00. The van der Waals surface area contributed by atoms with Crippen LogP contribution in [0.3, 0.4) is 0 Å². The topological polar surface area (TPSA) is 38.2 Å². The van der Waals surface area contributed by atoms with Crippen LogP contribution in [0.15, 0.2) is 18.3 Å². The molecule has 0 radical (unpaired) electrons. The molecule has 1 saturated heterocycles. The van der Waals surface area contributed by atoms with E-state index in [-0.39, 0.29) is 5.82 Å². The molecule has 1 saturated carbocycles. The summed E-state index contributed by atoms with van der Waals surface area (Å²) in [4.78, 5) is 11.0. The number of rotatable bonds is 4. The lowest BCUT2D eigenvalue weighted by atomic mass is 10.1. The van der Waals surface area contributed by atoms with Gasteiger partial charge in [0.25, 0.3) is 0 Å². The second-order valence-electron chi connectivity index (χ2n) is 6.40. The molecule has 0 amide bonds. The molecule has 4 nitrogen and oxygen atoms in total. The van der Waals surface area contributed by atoms with Crippen LogP contribution >= 0.6 is 0 Å². The Hall–Kier alpha value is -1.75. The molecule has 2 unspecified atom stereocenters. The van der Waals surface area contributed by atoms with Crippen molar-refractivity contribution < 1.29 is 9.13 Å². The number of hydrogen-bond acceptors (Lipinski definition) is 4. The number of methoxy groups -OCH3 is 1. The first-order valence-electron chi connectivity index (χ1n) is 7.95. The highest BCUT2D eigenvalue weighted by Crippen LogP contribution is 2.44. The molecule has 2 fully saturated rings. The zero-order valence-corrected chi connectivity index (χ0v) is 12.8. The Kier molecular flexibility index (Phi) is 3.45. The number of likely N-dealkylation sites (tertiary alicyclic amines) is 1. The van der Waals surface area contributed by atoms with Gasteiger partial charge >= 0.3 is 0 Å². The van der Waals surface area contributed by atoms with E-state index >= 15 is 0 Å². The third kappa shape index (κ3) is 2.54. The first-order chi connectivity index (χ1) is 10.7. The van der Waals surface area contributed by atoms with Gasteiger partial charge in [-0.2, -0.15) is 0 Å². The number of ether oxygens (including phenoxy) is 1. The van der Waals surface area contributed by atoms with Crippen LogP contribution in [0.25, 0.3) is 11.0 Å². The Morgan fingerprint density at radius 3 is 3.09 bits per heavy atom. The van der Waals surface area contributed by atoms with Crippen LogP contribution in [0.5, 0.6) is 5.88 Å². The lowest BCUT2D eigenvalue weighted by molar-refractivity contribution is 0.221. The van der Waals surface area contributed by atoms with Crippen molar-refractivity contribution in [1.82, 2.24) is 14.9 Å². The van der Waals surface area contributed by atoms with Crippen molar-refractivity contribution in [3.05, 3.63) is 29.7 Å². The van der Waals surface area contributed by atoms with Crippen molar-refractivity contribution in [3.63, 3.8) is 0 Å². The normalized spacial score (nSPS) is 24.3. The van der Waals surface area contributed by atoms with E-state index in [0.29, 0.717) is 23.4 Å². The SMILES string of the molecule is COc1ccc2ncc(F)c(CCN3CCC4CC4C3)c2n1. The average Bonchev–Trinajstić information content (AvgIpc) is 3.32. The molecule has 1 aliphatic carbocycles. The number of fused-ring (bicyclic) bond motifs is 2. The molecule has 2 aromatic rings. The van der Waals surface area contributed by atoms with Gasteiger partial charge in [0.2, 0.25) is 5.88 Å². The monoisotopic (exact) mass is 301 g/mol. The Morgan fingerprint density at radius 1 is 1.36 bits per heavy atom. The molecule has 0 N–H and O–H groups in total. The predicted octanol–water partition coefficient (Wildman–Crippen LogP) is 2.66. The summed E-state index contributed by atoms with van der Waals surface area (Å²) in [6.07, 6.45) is 4.67. The van der Waals surface area contributed by atoms with Crippen LogP contribution in [-0.4, -0.2) is 41.6 Å². The molecule has 2 atom stereocenters. The molecule has 22 heavy (non-hydrogen) atoms. The average molecular weight is 301 g/mol. The zero-order chi connectivity index (χ0) is 15.1. The van der Waals surface area contributed by atoms with Crippen molar-refractivity contribution in [2.45, 2.75) is 19.3 Å². The van der Waals surface area contributed by atoms with E-state index in [9.17, 15) is 4.39 Å². The molecular formula is C17H20FN3O. The first kappa shape index (κ1) is 13.9. The maximum Gasteiger partial charge on any atom is 0.213 e. The molecular weight excluding hydrogens is 281 g/mol. The van der Waals surface area contributed by atoms with Crippen LogP contribution in [0.4, 0.5) is 4.39 Å². The van der Waals surface area contributed by atoms with Crippen LogP contribution in [0.1, 0.15) is 18.4 Å². The predicted molar refractivity (Wildman–Crippen MR) is 82.4 cm³/mol. The highest BCUT2D eigenvalue weighted by Gasteiger charge is 2.41. The minimum atomic E-state index is -0.269. The van der Waals surface area contributed by atoms with Crippen molar-refractivity contribution in [2.24, 2.45) is 11.8 Å². The fourth-order valence-electron chi connectivity index (χ4n) is 3.56. The Bertz CT molecular complexity index is 706. The standard InChI is InChI=1S/C17H20FN3O/c1-22-16-3-2-15-17(20-16)13(14(18)9-19-15)5-7-21-6-4-11-8-12(11)10-21/h2-3,9,11-12H,4-8,10H2,1H3. The summed E-state index contributed by atoms with van der Waals surface area (Å²) in [6.45, 7) is 3.20. The lowest BCUT2D eigenvalue weighted by Gasteiger charge is -2.26. The van der Waals surface area contributed by atoms with Gasteiger partial charge in [-0.3, -0.25) is 4.98 Å². The molecule has 5 heteroatoms. The quantitative estimate of drug-likeness (QED) is 0.870. The Labute approximate surface area is 129 Å². The van der Waals surface area contributed by atoms with Gasteiger partial charge in [-0.05, 0) is 43.7 Å².